The van der Waals surface area contributed by atoms with Crippen LogP contribution in [0, 0.1) is 0 Å². The van der Waals surface area contributed by atoms with Gasteiger partial charge in [0.1, 0.15) is 0 Å². The van der Waals surface area contributed by atoms with E-state index < -0.39 is 0 Å². The summed E-state index contributed by atoms with van der Waals surface area (Å²) in [6, 6.07) is 35.7. The third-order valence-corrected chi connectivity index (χ3v) is 15.0. The van der Waals surface area contributed by atoms with Crippen molar-refractivity contribution in [3.63, 3.8) is 0 Å². The first-order valence-electron chi connectivity index (χ1n) is 32.1. The van der Waals surface area contributed by atoms with Crippen molar-refractivity contribution < 1.29 is 52.6 Å². The number of carbonyl (C=O) groups excluding carboxylic acids is 3. The molecule has 4 aliphatic rings. The summed E-state index contributed by atoms with van der Waals surface area (Å²) in [7, 11) is 0. The first-order valence-corrected chi connectivity index (χ1v) is 32.1. The van der Waals surface area contributed by atoms with Crippen LogP contribution in [0.2, 0.25) is 0 Å². The van der Waals surface area contributed by atoms with E-state index in [2.05, 4.69) is 226 Å². The summed E-state index contributed by atoms with van der Waals surface area (Å²) in [5.41, 5.74) is 14.4. The fraction of sp³-hybridized carbons (Fsp3) is 0.566. The second kappa shape index (κ2) is 35.7. The molecule has 0 aliphatic carbocycles. The third kappa shape index (κ3) is 29.8. The van der Waals surface area contributed by atoms with Gasteiger partial charge in [-0.3, -0.25) is 14.4 Å². The largest absolute Gasteiger partial charge is 0.465 e. The van der Waals surface area contributed by atoms with E-state index in [4.69, 9.17) is 38.3 Å². The van der Waals surface area contributed by atoms with Crippen molar-refractivity contribution in [2.24, 2.45) is 0 Å². The monoisotopic (exact) mass is 1230 g/mol. The van der Waals surface area contributed by atoms with Gasteiger partial charge < -0.3 is 48.9 Å². The number of ether oxygens (including phenoxy) is 7. The summed E-state index contributed by atoms with van der Waals surface area (Å²) in [5.74, 6) is -0.376. The average molecular weight is 1230 g/mol. The maximum atomic E-state index is 12.7. The topological polar surface area (TPSA) is 160 Å². The molecule has 89 heavy (non-hydrogen) atoms. The van der Waals surface area contributed by atoms with Gasteiger partial charge in [0.25, 0.3) is 0 Å². The molecule has 13 nitrogen and oxygen atoms in total. The number of aliphatic hydroxyl groups is 1. The zero-order chi connectivity index (χ0) is 66.1. The molecule has 0 atom stereocenters. The fourth-order valence-electron chi connectivity index (χ4n) is 9.01. The number of benzene rings is 5. The summed E-state index contributed by atoms with van der Waals surface area (Å²) in [5, 5.41) is 14.8. The molecule has 2 amide bonds. The molecule has 4 heterocycles. The van der Waals surface area contributed by atoms with E-state index in [1.165, 1.54) is 33.4 Å². The van der Waals surface area contributed by atoms with Crippen molar-refractivity contribution in [3.05, 3.63) is 164 Å². The summed E-state index contributed by atoms with van der Waals surface area (Å²) in [6.07, 6.45) is 1.86. The van der Waals surface area contributed by atoms with Crippen molar-refractivity contribution >= 4 is 29.2 Å². The van der Waals surface area contributed by atoms with Gasteiger partial charge in [-0.15, -0.1) is 0 Å². The molecule has 0 saturated carbocycles. The van der Waals surface area contributed by atoms with Crippen LogP contribution in [0.4, 0.5) is 11.4 Å². The quantitative estimate of drug-likeness (QED) is 0.0853. The van der Waals surface area contributed by atoms with E-state index in [0.29, 0.717) is 105 Å². The highest BCUT2D eigenvalue weighted by atomic mass is 16.6. The van der Waals surface area contributed by atoms with Gasteiger partial charge in [-0.1, -0.05) is 203 Å². The molecular formula is C76H112N2O11. The van der Waals surface area contributed by atoms with Crippen LogP contribution in [0.15, 0.2) is 103 Å². The molecular weight excluding hydrogens is 1120 g/mol. The summed E-state index contributed by atoms with van der Waals surface area (Å²) >= 11 is 0. The van der Waals surface area contributed by atoms with Crippen LogP contribution in [0.5, 0.6) is 0 Å². The van der Waals surface area contributed by atoms with Crippen molar-refractivity contribution in [1.29, 1.82) is 0 Å². The third-order valence-electron chi connectivity index (χ3n) is 15.0. The molecule has 0 radical (unpaired) electrons. The second-order valence-electron chi connectivity index (χ2n) is 29.5. The highest BCUT2D eigenvalue weighted by Crippen LogP contribution is 2.35. The Balaban J connectivity index is 0.000000297. The fourth-order valence-corrected chi connectivity index (χ4v) is 9.01. The molecule has 13 heteroatoms. The summed E-state index contributed by atoms with van der Waals surface area (Å²) in [6.45, 7) is 46.3. The van der Waals surface area contributed by atoms with Crippen LogP contribution in [0.3, 0.4) is 0 Å². The lowest BCUT2D eigenvalue weighted by molar-refractivity contribution is -0.143. The van der Waals surface area contributed by atoms with E-state index >= 15 is 0 Å². The number of anilines is 2. The van der Waals surface area contributed by atoms with E-state index in [9.17, 15) is 14.4 Å². The molecule has 4 aliphatic heterocycles. The smallest absolute Gasteiger partial charge is 0.310 e. The molecule has 3 N–H and O–H groups in total. The first kappa shape index (κ1) is 75.7. The Morgan fingerprint density at radius 1 is 0.382 bits per heavy atom. The number of carbonyl (C=O) groups is 3. The predicted molar refractivity (Wildman–Crippen MR) is 362 cm³/mol. The van der Waals surface area contributed by atoms with Gasteiger partial charge in [-0.2, -0.15) is 0 Å². The number of nitrogens with one attached hydrogen (secondary N) is 2. The van der Waals surface area contributed by atoms with Gasteiger partial charge in [0.05, 0.1) is 92.3 Å². The number of esters is 1. The number of hydrogen-bond donors (Lipinski definition) is 3. The van der Waals surface area contributed by atoms with Crippen LogP contribution in [0.25, 0.3) is 0 Å². The molecule has 0 spiro atoms. The molecule has 5 aromatic rings. The van der Waals surface area contributed by atoms with Crippen molar-refractivity contribution in [3.8, 4) is 0 Å². The minimum Gasteiger partial charge on any atom is -0.465 e. The average Bonchev–Trinajstić information content (AvgIpc) is 1.16. The van der Waals surface area contributed by atoms with Gasteiger partial charge in [-0.25, -0.2) is 0 Å². The summed E-state index contributed by atoms with van der Waals surface area (Å²) < 4.78 is 39.3. The zero-order valence-corrected chi connectivity index (χ0v) is 57.8. The standard InChI is InChI=1S/C34H51NO3.C24H32O6.C18H29NO2/c1-31(2,3)24-16-23(17-25(19-24)32(4,5)6)18-30(37)38-15-13-14-29(36)35-28-21-26(33(7,8)9)20-27(22-28)34(10,11)12;1-2-22-4-3-21(1)17-27-13-9-25-11-15-29-19-23-5-7-24(8-6-23)20-30-16-12-26-10-14-28-18-22;1-17(2,3)13-10-14(18(4,5)6)12-15(11-13)19-16(21)8-7-9-20/h16-17,19-22H,13-15,18H2,1-12H3,(H,35,36);1-8H,9-20H2;10-12,20H,7-9H2,1-6H3,(H,19,21). The lowest BCUT2D eigenvalue weighted by atomic mass is 9.79. The predicted octanol–water partition coefficient (Wildman–Crippen LogP) is 15.9. The van der Waals surface area contributed by atoms with Crippen LogP contribution in [-0.4, -0.2) is 89.0 Å². The van der Waals surface area contributed by atoms with E-state index in [1.807, 2.05) is 12.1 Å². The zero-order valence-electron chi connectivity index (χ0n) is 57.8. The van der Waals surface area contributed by atoms with Crippen LogP contribution in [0.1, 0.15) is 212 Å². The normalized spacial score (nSPS) is 14.8. The highest BCUT2D eigenvalue weighted by Gasteiger charge is 2.25. The van der Waals surface area contributed by atoms with E-state index in [-0.39, 0.29) is 69.9 Å². The van der Waals surface area contributed by atoms with Gasteiger partial charge >= 0.3 is 5.97 Å². The Bertz CT molecular complexity index is 2620. The van der Waals surface area contributed by atoms with Gasteiger partial charge in [0.2, 0.25) is 11.8 Å². The van der Waals surface area contributed by atoms with Crippen molar-refractivity contribution in [2.45, 2.75) is 216 Å². The molecule has 0 fully saturated rings. The molecule has 0 unspecified atom stereocenters. The Hall–Kier alpha value is -5.77. The van der Waals surface area contributed by atoms with Gasteiger partial charge in [0.15, 0.2) is 0 Å². The molecule has 5 aromatic carbocycles. The molecule has 4 bridgehead atoms. The number of rotatable bonds is 11. The SMILES string of the molecule is CC(C)(C)c1cc(CC(=O)OCCCC(=O)Nc2cc(C(C)(C)C)cc(C(C)(C)C)c2)cc(C(C)(C)C)c1.CC(C)(C)c1cc(NC(=O)CCCO)cc(C(C)(C)C)c1.c1cc2ccc1COCCOCCOCc1ccc(cc1)COCCOCCOC2. The van der Waals surface area contributed by atoms with Crippen molar-refractivity contribution in [2.75, 3.05) is 76.7 Å². The maximum Gasteiger partial charge on any atom is 0.310 e. The first-order chi connectivity index (χ1) is 41.6. The van der Waals surface area contributed by atoms with Gasteiger partial charge in [-0.05, 0) is 131 Å². The number of hydrogen-bond acceptors (Lipinski definition) is 11. The van der Waals surface area contributed by atoms with E-state index in [0.717, 1.165) is 39.2 Å². The van der Waals surface area contributed by atoms with Crippen LogP contribution >= 0.6 is 0 Å². The lowest BCUT2D eigenvalue weighted by Gasteiger charge is -2.26. The Kier molecular flexibility index (Phi) is 30.4. The highest BCUT2D eigenvalue weighted by molar-refractivity contribution is 5.91. The maximum absolute atomic E-state index is 12.7. The summed E-state index contributed by atoms with van der Waals surface area (Å²) in [4.78, 5) is 37.2. The Labute approximate surface area is 536 Å². The minimum atomic E-state index is -0.260. The molecule has 0 saturated heterocycles. The van der Waals surface area contributed by atoms with Crippen LogP contribution in [-0.2, 0) is 113 Å². The lowest BCUT2D eigenvalue weighted by Crippen LogP contribution is -2.19. The van der Waals surface area contributed by atoms with E-state index in [1.54, 1.807) is 0 Å². The minimum absolute atomic E-state index is 0.00663. The second-order valence-corrected chi connectivity index (χ2v) is 29.5. The van der Waals surface area contributed by atoms with Crippen LogP contribution < -0.4 is 10.6 Å². The molecule has 0 aromatic heterocycles. The Morgan fingerprint density at radius 2 is 0.640 bits per heavy atom. The number of amides is 2. The van der Waals surface area contributed by atoms with Gasteiger partial charge in [0, 0.05) is 30.8 Å². The number of aliphatic hydroxyl groups excluding tert-OH is 1. The molecule has 492 valence electrons. The van der Waals surface area contributed by atoms with Crippen molar-refractivity contribution in [1.82, 2.24) is 0 Å². The molecule has 9 rings (SSSR count). The Morgan fingerprint density at radius 3 is 0.910 bits per heavy atom.